The fraction of sp³-hybridized carbons (Fsp3) is 0.435. The molecule has 29 heavy (non-hydrogen) atoms. The minimum Gasteiger partial charge on any atom is -0.349 e. The smallest absolute Gasteiger partial charge is 0.262 e. The number of amides is 1. The number of nitrogens with one attached hydrogen (secondary N) is 2. The van der Waals surface area contributed by atoms with Crippen LogP contribution in [0.25, 0.3) is 0 Å². The maximum atomic E-state index is 13.1. The van der Waals surface area contributed by atoms with E-state index >= 15 is 0 Å². The minimum atomic E-state index is -3.80. The van der Waals surface area contributed by atoms with Gasteiger partial charge in [0.1, 0.15) is 0 Å². The molecule has 2 aliphatic rings. The number of aryl methyl sites for hydroxylation is 2. The van der Waals surface area contributed by atoms with Crippen molar-refractivity contribution in [3.05, 3.63) is 58.7 Å². The van der Waals surface area contributed by atoms with E-state index in [1.807, 2.05) is 26.0 Å². The molecule has 5 nitrogen and oxygen atoms in total. The van der Waals surface area contributed by atoms with Crippen molar-refractivity contribution in [3.8, 4) is 0 Å². The molecule has 0 aliphatic heterocycles. The van der Waals surface area contributed by atoms with Gasteiger partial charge in [-0.15, -0.1) is 0 Å². The summed E-state index contributed by atoms with van der Waals surface area (Å²) in [5.41, 5.74) is 3.46. The molecule has 1 amide bonds. The maximum Gasteiger partial charge on any atom is 0.262 e. The fourth-order valence-electron chi connectivity index (χ4n) is 4.77. The van der Waals surface area contributed by atoms with Gasteiger partial charge in [-0.25, -0.2) is 8.42 Å². The highest BCUT2D eigenvalue weighted by molar-refractivity contribution is 7.92. The van der Waals surface area contributed by atoms with Crippen molar-refractivity contribution < 1.29 is 13.2 Å². The van der Waals surface area contributed by atoms with Crippen molar-refractivity contribution in [1.82, 2.24) is 5.32 Å². The Labute approximate surface area is 173 Å². The maximum absolute atomic E-state index is 13.1. The summed E-state index contributed by atoms with van der Waals surface area (Å²) in [6, 6.07) is 10.6. The lowest BCUT2D eigenvalue weighted by Gasteiger charge is -2.23. The molecule has 2 aliphatic carbocycles. The van der Waals surface area contributed by atoms with E-state index in [-0.39, 0.29) is 16.8 Å². The van der Waals surface area contributed by atoms with Crippen LogP contribution in [-0.4, -0.2) is 20.4 Å². The number of anilines is 1. The second-order valence-electron chi connectivity index (χ2n) is 8.59. The molecule has 0 heterocycles. The van der Waals surface area contributed by atoms with Crippen LogP contribution in [0.3, 0.4) is 0 Å². The molecule has 4 rings (SSSR count). The third-order valence-corrected chi connectivity index (χ3v) is 8.15. The summed E-state index contributed by atoms with van der Waals surface area (Å²) in [4.78, 5) is 12.9. The molecule has 0 radical (unpaired) electrons. The van der Waals surface area contributed by atoms with E-state index in [0.29, 0.717) is 22.7 Å². The van der Waals surface area contributed by atoms with Crippen molar-refractivity contribution >= 4 is 21.6 Å². The van der Waals surface area contributed by atoms with Crippen LogP contribution in [0.5, 0.6) is 0 Å². The summed E-state index contributed by atoms with van der Waals surface area (Å²) in [5.74, 6) is 1.12. The normalized spacial score (nSPS) is 23.2. The largest absolute Gasteiger partial charge is 0.349 e. The fourth-order valence-corrected chi connectivity index (χ4v) is 6.16. The van der Waals surface area contributed by atoms with Crippen LogP contribution in [0, 0.1) is 32.6 Å². The Morgan fingerprint density at radius 2 is 1.79 bits per heavy atom. The van der Waals surface area contributed by atoms with Gasteiger partial charge in [-0.2, -0.15) is 0 Å². The van der Waals surface area contributed by atoms with Gasteiger partial charge in [0.05, 0.1) is 10.6 Å². The molecule has 3 atom stereocenters. The van der Waals surface area contributed by atoms with E-state index in [0.717, 1.165) is 23.5 Å². The lowest BCUT2D eigenvalue weighted by atomic mass is 9.95. The zero-order chi connectivity index (χ0) is 20.8. The standard InChI is InChI=1S/C23H28N2O3S/c1-14-5-4-6-20(16(14)3)25-29(27,28)22-13-19(9-7-15(22)2)23(26)24-21-12-17-8-10-18(21)11-17/h4-7,9,13,17-18,21,25H,8,10-12H2,1-3H3,(H,24,26). The molecule has 0 spiro atoms. The number of hydrogen-bond donors (Lipinski definition) is 2. The average molecular weight is 413 g/mol. The number of benzene rings is 2. The average Bonchev–Trinajstić information content (AvgIpc) is 3.28. The van der Waals surface area contributed by atoms with Gasteiger partial charge >= 0.3 is 0 Å². The van der Waals surface area contributed by atoms with E-state index < -0.39 is 10.0 Å². The first-order valence-electron chi connectivity index (χ1n) is 10.2. The van der Waals surface area contributed by atoms with Crippen LogP contribution in [0.1, 0.15) is 52.7 Å². The molecule has 3 unspecified atom stereocenters. The van der Waals surface area contributed by atoms with Gasteiger partial charge in [0.25, 0.3) is 15.9 Å². The van der Waals surface area contributed by atoms with Crippen LogP contribution in [0.4, 0.5) is 5.69 Å². The first kappa shape index (κ1) is 20.0. The SMILES string of the molecule is Cc1ccc(C(=O)NC2CC3CCC2C3)cc1S(=O)(=O)Nc1cccc(C)c1C. The molecule has 0 aromatic heterocycles. The third kappa shape index (κ3) is 3.90. The lowest BCUT2D eigenvalue weighted by molar-refractivity contribution is 0.0922. The second kappa shape index (κ2) is 7.48. The molecule has 154 valence electrons. The highest BCUT2D eigenvalue weighted by Crippen LogP contribution is 2.44. The quantitative estimate of drug-likeness (QED) is 0.767. The Bertz CT molecular complexity index is 1060. The van der Waals surface area contributed by atoms with Crippen LogP contribution in [0.2, 0.25) is 0 Å². The summed E-state index contributed by atoms with van der Waals surface area (Å²) >= 11 is 0. The molecule has 2 bridgehead atoms. The van der Waals surface area contributed by atoms with Gasteiger partial charge in [0.15, 0.2) is 0 Å². The van der Waals surface area contributed by atoms with E-state index in [1.165, 1.54) is 25.3 Å². The zero-order valence-corrected chi connectivity index (χ0v) is 18.0. The molecule has 2 aromatic carbocycles. The predicted octanol–water partition coefficient (Wildman–Crippen LogP) is 4.33. The van der Waals surface area contributed by atoms with Crippen molar-refractivity contribution in [2.75, 3.05) is 4.72 Å². The summed E-state index contributed by atoms with van der Waals surface area (Å²) in [5, 5.41) is 3.14. The van der Waals surface area contributed by atoms with Crippen molar-refractivity contribution in [3.63, 3.8) is 0 Å². The Morgan fingerprint density at radius 3 is 2.48 bits per heavy atom. The van der Waals surface area contributed by atoms with Crippen LogP contribution in [-0.2, 0) is 10.0 Å². The van der Waals surface area contributed by atoms with Crippen LogP contribution >= 0.6 is 0 Å². The van der Waals surface area contributed by atoms with Crippen molar-refractivity contribution in [2.45, 2.75) is 57.4 Å². The van der Waals surface area contributed by atoms with Gasteiger partial charge < -0.3 is 5.32 Å². The summed E-state index contributed by atoms with van der Waals surface area (Å²) in [7, 11) is -3.80. The molecule has 2 saturated carbocycles. The Morgan fingerprint density at radius 1 is 1.00 bits per heavy atom. The van der Waals surface area contributed by atoms with E-state index in [9.17, 15) is 13.2 Å². The lowest BCUT2D eigenvalue weighted by Crippen LogP contribution is -2.38. The molecule has 0 saturated heterocycles. The minimum absolute atomic E-state index is 0.138. The van der Waals surface area contributed by atoms with Crippen molar-refractivity contribution in [1.29, 1.82) is 0 Å². The molecule has 6 heteroatoms. The number of sulfonamides is 1. The van der Waals surface area contributed by atoms with Gasteiger partial charge in [-0.1, -0.05) is 24.6 Å². The van der Waals surface area contributed by atoms with Gasteiger partial charge in [0, 0.05) is 11.6 Å². The predicted molar refractivity (Wildman–Crippen MR) is 115 cm³/mol. The first-order valence-corrected chi connectivity index (χ1v) is 11.7. The third-order valence-electron chi connectivity index (χ3n) is 6.64. The zero-order valence-electron chi connectivity index (χ0n) is 17.2. The number of carbonyl (C=O) groups excluding carboxylic acids is 1. The van der Waals surface area contributed by atoms with Gasteiger partial charge in [-0.3, -0.25) is 9.52 Å². The first-order chi connectivity index (χ1) is 13.7. The number of rotatable bonds is 5. The van der Waals surface area contributed by atoms with Gasteiger partial charge in [0.2, 0.25) is 0 Å². The van der Waals surface area contributed by atoms with E-state index in [1.54, 1.807) is 25.1 Å². The second-order valence-corrected chi connectivity index (χ2v) is 10.2. The Hall–Kier alpha value is -2.34. The molecular weight excluding hydrogens is 384 g/mol. The highest BCUT2D eigenvalue weighted by Gasteiger charge is 2.40. The van der Waals surface area contributed by atoms with Crippen LogP contribution in [0.15, 0.2) is 41.3 Å². The van der Waals surface area contributed by atoms with Crippen molar-refractivity contribution in [2.24, 2.45) is 11.8 Å². The Kier molecular flexibility index (Phi) is 5.15. The number of hydrogen-bond acceptors (Lipinski definition) is 3. The summed E-state index contributed by atoms with van der Waals surface area (Å²) < 4.78 is 28.8. The molecular formula is C23H28N2O3S. The molecule has 2 fully saturated rings. The van der Waals surface area contributed by atoms with Crippen LogP contribution < -0.4 is 10.0 Å². The number of fused-ring (bicyclic) bond motifs is 2. The highest BCUT2D eigenvalue weighted by atomic mass is 32.2. The topological polar surface area (TPSA) is 75.3 Å². The Balaban J connectivity index is 1.57. The van der Waals surface area contributed by atoms with E-state index in [2.05, 4.69) is 10.0 Å². The summed E-state index contributed by atoms with van der Waals surface area (Å²) in [6.07, 6.45) is 4.71. The molecule has 2 N–H and O–H groups in total. The van der Waals surface area contributed by atoms with E-state index in [4.69, 9.17) is 0 Å². The van der Waals surface area contributed by atoms with Gasteiger partial charge in [-0.05, 0) is 86.8 Å². The monoisotopic (exact) mass is 412 g/mol. The summed E-state index contributed by atoms with van der Waals surface area (Å²) in [6.45, 7) is 5.58. The molecule has 2 aromatic rings. The number of carbonyl (C=O) groups is 1.